The van der Waals surface area contributed by atoms with Crippen molar-refractivity contribution < 1.29 is 22.7 Å². The number of amides is 1. The van der Waals surface area contributed by atoms with E-state index < -0.39 is 23.4 Å². The van der Waals surface area contributed by atoms with Crippen molar-refractivity contribution in [3.8, 4) is 0 Å². The van der Waals surface area contributed by atoms with Gasteiger partial charge in [-0.25, -0.2) is 14.8 Å². The van der Waals surface area contributed by atoms with E-state index in [4.69, 9.17) is 16.3 Å². The van der Waals surface area contributed by atoms with E-state index in [1.165, 1.54) is 33.0 Å². The van der Waals surface area contributed by atoms with Gasteiger partial charge in [-0.15, -0.1) is 0 Å². The maximum absolute atomic E-state index is 13.4. The molecule has 1 amide bonds. The lowest BCUT2D eigenvalue weighted by atomic mass is 10.1. The van der Waals surface area contributed by atoms with Crippen molar-refractivity contribution in [2.75, 3.05) is 4.90 Å². The van der Waals surface area contributed by atoms with E-state index in [2.05, 4.69) is 15.1 Å². The minimum absolute atomic E-state index is 0.0646. The summed E-state index contributed by atoms with van der Waals surface area (Å²) in [6.45, 7) is 6.52. The van der Waals surface area contributed by atoms with Crippen LogP contribution in [0.1, 0.15) is 61.9 Å². The quantitative estimate of drug-likeness (QED) is 0.300. The number of hydrogen-bond acceptors (Lipinski definition) is 5. The number of rotatable bonds is 4. The van der Waals surface area contributed by atoms with Crippen LogP contribution in [0.15, 0.2) is 30.7 Å². The molecule has 5 rings (SSSR count). The Morgan fingerprint density at radius 2 is 1.92 bits per heavy atom. The largest absolute Gasteiger partial charge is 0.443 e. The molecule has 8 nitrogen and oxygen atoms in total. The zero-order valence-electron chi connectivity index (χ0n) is 20.1. The highest BCUT2D eigenvalue weighted by Crippen LogP contribution is 2.42. The Hall–Kier alpha value is -3.34. The summed E-state index contributed by atoms with van der Waals surface area (Å²) < 4.78 is 48.9. The predicted molar refractivity (Wildman–Crippen MR) is 127 cm³/mol. The number of nitrogens with zero attached hydrogens (tertiary/aromatic N) is 6. The monoisotopic (exact) mass is 520 g/mol. The lowest BCUT2D eigenvalue weighted by Crippen LogP contribution is -2.37. The fourth-order valence-corrected chi connectivity index (χ4v) is 4.28. The molecule has 0 N–H and O–H groups in total. The number of anilines is 1. The molecule has 190 valence electrons. The normalized spacial score (nSPS) is 14.6. The molecule has 4 aromatic heterocycles. The predicted octanol–water partition coefficient (Wildman–Crippen LogP) is 6.18. The molecule has 0 aliphatic heterocycles. The molecule has 0 atom stereocenters. The summed E-state index contributed by atoms with van der Waals surface area (Å²) in [4.78, 5) is 23.4. The molecule has 4 heterocycles. The number of fused-ring (bicyclic) bond motifs is 2. The van der Waals surface area contributed by atoms with Crippen molar-refractivity contribution in [3.63, 3.8) is 0 Å². The molecule has 36 heavy (non-hydrogen) atoms. The molecule has 0 radical (unpaired) electrons. The van der Waals surface area contributed by atoms with E-state index >= 15 is 0 Å². The maximum atomic E-state index is 13.4. The van der Waals surface area contributed by atoms with E-state index in [1.807, 2.05) is 0 Å². The van der Waals surface area contributed by atoms with Crippen molar-refractivity contribution in [1.82, 2.24) is 24.0 Å². The molecule has 0 saturated heterocycles. The number of halogens is 4. The minimum Gasteiger partial charge on any atom is -0.443 e. The standard InChI is InChI=1S/C24H24ClF3N6O2/c1-13-10-32-11-15(30-19(32)7-17(13)24(26,27)28)12-33(22(35)36-23(2,3)4)20-8-18(25)31-21-16(14-5-6-14)9-29-34(20)21/h7-11,14H,5-6,12H2,1-4H3. The zero-order valence-corrected chi connectivity index (χ0v) is 20.9. The Balaban J connectivity index is 1.59. The fourth-order valence-electron chi connectivity index (χ4n) is 4.10. The molecular weight excluding hydrogens is 497 g/mol. The number of imidazole rings is 1. The van der Waals surface area contributed by atoms with Gasteiger partial charge in [-0.1, -0.05) is 11.6 Å². The first-order chi connectivity index (χ1) is 16.8. The van der Waals surface area contributed by atoms with Crippen LogP contribution in [0, 0.1) is 6.92 Å². The maximum Gasteiger partial charge on any atom is 0.416 e. The van der Waals surface area contributed by atoms with Gasteiger partial charge in [-0.05, 0) is 58.1 Å². The van der Waals surface area contributed by atoms with Crippen LogP contribution >= 0.6 is 11.6 Å². The molecule has 4 aromatic rings. The molecule has 0 spiro atoms. The van der Waals surface area contributed by atoms with Gasteiger partial charge in [0.05, 0.1) is 24.0 Å². The Morgan fingerprint density at radius 1 is 1.19 bits per heavy atom. The second-order valence-electron chi connectivity index (χ2n) is 9.98. The summed E-state index contributed by atoms with van der Waals surface area (Å²) in [5.41, 5.74) is 0.472. The highest BCUT2D eigenvalue weighted by Gasteiger charge is 2.34. The van der Waals surface area contributed by atoms with E-state index in [0.29, 0.717) is 23.1 Å². The average molecular weight is 521 g/mol. The number of ether oxygens (including phenoxy) is 1. The summed E-state index contributed by atoms with van der Waals surface area (Å²) in [7, 11) is 0. The number of aryl methyl sites for hydroxylation is 1. The van der Waals surface area contributed by atoms with Crippen LogP contribution in [0.25, 0.3) is 11.3 Å². The number of carbonyl (C=O) groups excluding carboxylic acids is 1. The third kappa shape index (κ3) is 4.71. The van der Waals surface area contributed by atoms with E-state index in [1.54, 1.807) is 33.2 Å². The molecule has 1 aliphatic carbocycles. The van der Waals surface area contributed by atoms with Crippen LogP contribution in [0.3, 0.4) is 0 Å². The number of aromatic nitrogens is 5. The Labute approximate surface area is 209 Å². The van der Waals surface area contributed by atoms with Gasteiger partial charge in [0.15, 0.2) is 5.65 Å². The summed E-state index contributed by atoms with van der Waals surface area (Å²) >= 11 is 6.35. The van der Waals surface area contributed by atoms with Gasteiger partial charge < -0.3 is 9.14 Å². The van der Waals surface area contributed by atoms with Crippen LogP contribution in [0.2, 0.25) is 5.15 Å². The van der Waals surface area contributed by atoms with Crippen LogP contribution in [-0.4, -0.2) is 35.7 Å². The van der Waals surface area contributed by atoms with E-state index in [-0.39, 0.29) is 22.9 Å². The van der Waals surface area contributed by atoms with Gasteiger partial charge in [0.1, 0.15) is 22.2 Å². The van der Waals surface area contributed by atoms with Crippen molar-refractivity contribution >= 4 is 34.8 Å². The highest BCUT2D eigenvalue weighted by atomic mass is 35.5. The molecule has 1 fully saturated rings. The first-order valence-electron chi connectivity index (χ1n) is 11.4. The van der Waals surface area contributed by atoms with Gasteiger partial charge in [-0.2, -0.15) is 22.8 Å². The van der Waals surface area contributed by atoms with Crippen LogP contribution < -0.4 is 4.90 Å². The number of carbonyl (C=O) groups is 1. The summed E-state index contributed by atoms with van der Waals surface area (Å²) in [5.74, 6) is 0.663. The molecule has 0 aromatic carbocycles. The molecule has 12 heteroatoms. The summed E-state index contributed by atoms with van der Waals surface area (Å²) in [5, 5.41) is 4.63. The molecule has 1 aliphatic rings. The Kier molecular flexibility index (Phi) is 5.66. The second-order valence-corrected chi connectivity index (χ2v) is 10.4. The minimum atomic E-state index is -4.50. The highest BCUT2D eigenvalue weighted by molar-refractivity contribution is 6.29. The fraction of sp³-hybridized carbons (Fsp3) is 0.417. The number of pyridine rings is 1. The number of hydrogen-bond donors (Lipinski definition) is 0. The third-order valence-corrected chi connectivity index (χ3v) is 6.02. The smallest absolute Gasteiger partial charge is 0.416 e. The number of alkyl halides is 3. The van der Waals surface area contributed by atoms with Crippen LogP contribution in [0.5, 0.6) is 0 Å². The molecule has 0 bridgehead atoms. The van der Waals surface area contributed by atoms with E-state index in [9.17, 15) is 18.0 Å². The first kappa shape index (κ1) is 24.4. The van der Waals surface area contributed by atoms with E-state index in [0.717, 1.165) is 24.5 Å². The zero-order chi connectivity index (χ0) is 26.0. The summed E-state index contributed by atoms with van der Waals surface area (Å²) in [6, 6.07) is 2.50. The first-order valence-corrected chi connectivity index (χ1v) is 11.8. The van der Waals surface area contributed by atoms with Crippen molar-refractivity contribution in [2.45, 2.75) is 64.8 Å². The average Bonchev–Trinajstić information content (AvgIpc) is 3.37. The second kappa shape index (κ2) is 8.36. The SMILES string of the molecule is Cc1cn2cc(CN(C(=O)OC(C)(C)C)c3cc(Cl)nc4c(C5CC5)cnn34)nc2cc1C(F)(F)F. The van der Waals surface area contributed by atoms with Crippen molar-refractivity contribution in [3.05, 3.63) is 58.3 Å². The van der Waals surface area contributed by atoms with Crippen LogP contribution in [-0.2, 0) is 17.5 Å². The summed E-state index contributed by atoms with van der Waals surface area (Å²) in [6.07, 6.45) is 1.54. The van der Waals surface area contributed by atoms with Gasteiger partial charge in [-0.3, -0.25) is 4.90 Å². The molecular formula is C24H24ClF3N6O2. The third-order valence-electron chi connectivity index (χ3n) is 5.82. The van der Waals surface area contributed by atoms with Crippen molar-refractivity contribution in [1.29, 1.82) is 0 Å². The van der Waals surface area contributed by atoms with Gasteiger partial charge >= 0.3 is 12.3 Å². The van der Waals surface area contributed by atoms with Gasteiger partial charge in [0.2, 0.25) is 0 Å². The van der Waals surface area contributed by atoms with Gasteiger partial charge in [0, 0.05) is 24.0 Å². The lowest BCUT2D eigenvalue weighted by molar-refractivity contribution is -0.138. The van der Waals surface area contributed by atoms with Crippen LogP contribution in [0.4, 0.5) is 23.8 Å². The van der Waals surface area contributed by atoms with Crippen molar-refractivity contribution in [2.24, 2.45) is 0 Å². The topological polar surface area (TPSA) is 77.0 Å². The lowest BCUT2D eigenvalue weighted by Gasteiger charge is -2.27. The Bertz CT molecular complexity index is 1480. The molecule has 1 saturated carbocycles. The molecule has 0 unspecified atom stereocenters. The Morgan fingerprint density at radius 3 is 2.56 bits per heavy atom. The van der Waals surface area contributed by atoms with Gasteiger partial charge in [0.25, 0.3) is 0 Å².